The Morgan fingerprint density at radius 2 is 1.61 bits per heavy atom. The predicted molar refractivity (Wildman–Crippen MR) is 106 cm³/mol. The van der Waals surface area contributed by atoms with E-state index in [1.54, 1.807) is 31.4 Å². The molecule has 2 rings (SSSR count). The molecule has 0 aliphatic heterocycles. The lowest BCUT2D eigenvalue weighted by Gasteiger charge is -2.09. The molecule has 148 valence electrons. The highest BCUT2D eigenvalue weighted by molar-refractivity contribution is 5.93. The van der Waals surface area contributed by atoms with E-state index in [9.17, 15) is 9.59 Å². The maximum absolute atomic E-state index is 11.9. The molecule has 2 amide bonds. The molecule has 0 radical (unpaired) electrons. The molecule has 0 saturated heterocycles. The van der Waals surface area contributed by atoms with Gasteiger partial charge in [-0.2, -0.15) is 0 Å². The van der Waals surface area contributed by atoms with Crippen molar-refractivity contribution < 1.29 is 23.8 Å². The zero-order chi connectivity index (χ0) is 20.5. The molecule has 0 unspecified atom stereocenters. The lowest BCUT2D eigenvalue weighted by Crippen LogP contribution is -2.43. The van der Waals surface area contributed by atoms with Crippen LogP contribution in [0.3, 0.4) is 0 Å². The van der Waals surface area contributed by atoms with E-state index in [4.69, 9.17) is 14.2 Å². The summed E-state index contributed by atoms with van der Waals surface area (Å²) in [5.74, 6) is 0.816. The van der Waals surface area contributed by atoms with Gasteiger partial charge in [0.15, 0.2) is 18.1 Å². The summed E-state index contributed by atoms with van der Waals surface area (Å²) in [7, 11) is 3.08. The van der Waals surface area contributed by atoms with Crippen LogP contribution in [0.25, 0.3) is 6.08 Å². The van der Waals surface area contributed by atoms with E-state index < -0.39 is 11.8 Å². The van der Waals surface area contributed by atoms with Gasteiger partial charge in [0.05, 0.1) is 14.2 Å². The first-order valence-corrected chi connectivity index (χ1v) is 8.61. The maximum atomic E-state index is 11.9. The smallest absolute Gasteiger partial charge is 0.276 e. The number of aryl methyl sites for hydroxylation is 2. The highest BCUT2D eigenvalue weighted by Crippen LogP contribution is 2.27. The van der Waals surface area contributed by atoms with Crippen molar-refractivity contribution in [2.75, 3.05) is 20.8 Å². The zero-order valence-corrected chi connectivity index (χ0v) is 16.4. The van der Waals surface area contributed by atoms with Crippen LogP contribution in [-0.2, 0) is 9.59 Å². The fraction of sp³-hybridized carbons (Fsp3) is 0.238. The molecule has 2 aromatic rings. The van der Waals surface area contributed by atoms with Gasteiger partial charge in [0, 0.05) is 6.08 Å². The molecular formula is C21H24N2O5. The number of carbonyl (C=O) groups is 2. The topological polar surface area (TPSA) is 85.9 Å². The van der Waals surface area contributed by atoms with Gasteiger partial charge in [0.2, 0.25) is 0 Å². The van der Waals surface area contributed by atoms with Gasteiger partial charge in [-0.1, -0.05) is 12.1 Å². The molecule has 7 heteroatoms. The monoisotopic (exact) mass is 384 g/mol. The van der Waals surface area contributed by atoms with E-state index in [1.165, 1.54) is 13.2 Å². The number of hydrazine groups is 1. The van der Waals surface area contributed by atoms with E-state index in [2.05, 4.69) is 10.9 Å². The van der Waals surface area contributed by atoms with Crippen molar-refractivity contribution >= 4 is 17.9 Å². The molecular weight excluding hydrogens is 360 g/mol. The second-order valence-corrected chi connectivity index (χ2v) is 6.10. The van der Waals surface area contributed by atoms with Crippen LogP contribution in [-0.4, -0.2) is 32.6 Å². The number of rotatable bonds is 7. The summed E-state index contributed by atoms with van der Waals surface area (Å²) in [6.45, 7) is 3.69. The van der Waals surface area contributed by atoms with Crippen LogP contribution in [0.2, 0.25) is 0 Å². The molecule has 0 saturated carbocycles. The van der Waals surface area contributed by atoms with E-state index in [-0.39, 0.29) is 6.61 Å². The summed E-state index contributed by atoms with van der Waals surface area (Å²) >= 11 is 0. The average molecular weight is 384 g/mol. The summed E-state index contributed by atoms with van der Waals surface area (Å²) in [6.07, 6.45) is 2.89. The lowest BCUT2D eigenvalue weighted by molar-refractivity contribution is -0.128. The summed E-state index contributed by atoms with van der Waals surface area (Å²) in [5, 5.41) is 0. The molecule has 0 fully saturated rings. The molecule has 0 aromatic heterocycles. The Balaban J connectivity index is 1.81. The van der Waals surface area contributed by atoms with Crippen molar-refractivity contribution in [3.8, 4) is 17.2 Å². The standard InChI is InChI=1S/C21H24N2O5/c1-14-9-15(2)11-17(10-14)28-13-21(25)23-22-20(24)8-6-16-5-7-18(26-3)19(12-16)27-4/h5-12H,13H2,1-4H3,(H,22,24)(H,23,25)/b8-6+. The molecule has 2 aromatic carbocycles. The highest BCUT2D eigenvalue weighted by Gasteiger charge is 2.06. The minimum atomic E-state index is -0.477. The second kappa shape index (κ2) is 10.0. The number of benzene rings is 2. The Hall–Kier alpha value is -3.48. The van der Waals surface area contributed by atoms with Gasteiger partial charge in [0.25, 0.3) is 11.8 Å². The largest absolute Gasteiger partial charge is 0.493 e. The van der Waals surface area contributed by atoms with Gasteiger partial charge < -0.3 is 14.2 Å². The minimum absolute atomic E-state index is 0.206. The van der Waals surface area contributed by atoms with Crippen molar-refractivity contribution in [1.29, 1.82) is 0 Å². The molecule has 0 heterocycles. The van der Waals surface area contributed by atoms with Crippen LogP contribution in [0.4, 0.5) is 0 Å². The van der Waals surface area contributed by atoms with E-state index in [1.807, 2.05) is 32.0 Å². The molecule has 0 aliphatic rings. The first-order chi connectivity index (χ1) is 13.4. The van der Waals surface area contributed by atoms with Gasteiger partial charge in [-0.15, -0.1) is 0 Å². The quantitative estimate of drug-likeness (QED) is 0.566. The molecule has 0 atom stereocenters. The molecule has 28 heavy (non-hydrogen) atoms. The molecule has 0 spiro atoms. The zero-order valence-electron chi connectivity index (χ0n) is 16.4. The normalized spacial score (nSPS) is 10.4. The van der Waals surface area contributed by atoms with Crippen molar-refractivity contribution in [1.82, 2.24) is 10.9 Å². The summed E-state index contributed by atoms with van der Waals surface area (Å²) in [6, 6.07) is 10.9. The Morgan fingerprint density at radius 1 is 0.929 bits per heavy atom. The van der Waals surface area contributed by atoms with E-state index in [0.29, 0.717) is 17.2 Å². The van der Waals surface area contributed by atoms with Crippen LogP contribution in [0.5, 0.6) is 17.2 Å². The van der Waals surface area contributed by atoms with Gasteiger partial charge in [0.1, 0.15) is 5.75 Å². The maximum Gasteiger partial charge on any atom is 0.276 e. The summed E-state index contributed by atoms with van der Waals surface area (Å²) in [5.41, 5.74) is 7.44. The number of carbonyl (C=O) groups excluding carboxylic acids is 2. The predicted octanol–water partition coefficient (Wildman–Crippen LogP) is 2.56. The molecule has 0 bridgehead atoms. The number of hydrogen-bond acceptors (Lipinski definition) is 5. The Morgan fingerprint density at radius 3 is 2.25 bits per heavy atom. The van der Waals surface area contributed by atoms with Crippen LogP contribution < -0.4 is 25.1 Å². The van der Waals surface area contributed by atoms with Gasteiger partial charge in [-0.25, -0.2) is 0 Å². The number of hydrogen-bond donors (Lipinski definition) is 2. The van der Waals surface area contributed by atoms with Crippen molar-refractivity contribution in [3.05, 3.63) is 59.2 Å². The highest BCUT2D eigenvalue weighted by atomic mass is 16.5. The lowest BCUT2D eigenvalue weighted by atomic mass is 10.1. The van der Waals surface area contributed by atoms with Crippen LogP contribution in [0.1, 0.15) is 16.7 Å². The first kappa shape index (κ1) is 20.8. The van der Waals surface area contributed by atoms with E-state index >= 15 is 0 Å². The number of amides is 2. The number of methoxy groups -OCH3 is 2. The molecule has 0 aliphatic carbocycles. The van der Waals surface area contributed by atoms with E-state index in [0.717, 1.165) is 16.7 Å². The summed E-state index contributed by atoms with van der Waals surface area (Å²) in [4.78, 5) is 23.7. The van der Waals surface area contributed by atoms with Gasteiger partial charge in [-0.3, -0.25) is 20.4 Å². The van der Waals surface area contributed by atoms with Crippen LogP contribution >= 0.6 is 0 Å². The SMILES string of the molecule is COc1ccc(/C=C/C(=O)NNC(=O)COc2cc(C)cc(C)c2)cc1OC. The third-order valence-electron chi connectivity index (χ3n) is 3.73. The van der Waals surface area contributed by atoms with Crippen molar-refractivity contribution in [2.45, 2.75) is 13.8 Å². The minimum Gasteiger partial charge on any atom is -0.493 e. The second-order valence-electron chi connectivity index (χ2n) is 6.10. The van der Waals surface area contributed by atoms with Crippen LogP contribution in [0, 0.1) is 13.8 Å². The third kappa shape index (κ3) is 6.35. The third-order valence-corrected chi connectivity index (χ3v) is 3.73. The van der Waals surface area contributed by atoms with Crippen molar-refractivity contribution in [2.24, 2.45) is 0 Å². The first-order valence-electron chi connectivity index (χ1n) is 8.61. The Kier molecular flexibility index (Phi) is 7.45. The fourth-order valence-electron chi connectivity index (χ4n) is 2.50. The van der Waals surface area contributed by atoms with Crippen LogP contribution in [0.15, 0.2) is 42.5 Å². The molecule has 7 nitrogen and oxygen atoms in total. The number of nitrogens with one attached hydrogen (secondary N) is 2. The van der Waals surface area contributed by atoms with Gasteiger partial charge >= 0.3 is 0 Å². The Bertz CT molecular complexity index is 857. The fourth-order valence-corrected chi connectivity index (χ4v) is 2.50. The summed E-state index contributed by atoms with van der Waals surface area (Å²) < 4.78 is 15.8. The molecule has 2 N–H and O–H groups in total. The Labute approximate surface area is 164 Å². The van der Waals surface area contributed by atoms with Gasteiger partial charge in [-0.05, 0) is 60.9 Å². The van der Waals surface area contributed by atoms with Crippen molar-refractivity contribution in [3.63, 3.8) is 0 Å². The average Bonchev–Trinajstić information content (AvgIpc) is 2.68. The number of ether oxygens (including phenoxy) is 3.